The van der Waals surface area contributed by atoms with E-state index in [1.54, 1.807) is 0 Å². The van der Waals surface area contributed by atoms with E-state index >= 15 is 0 Å². The van der Waals surface area contributed by atoms with Crippen LogP contribution in [0, 0.1) is 6.92 Å². The van der Waals surface area contributed by atoms with Crippen molar-refractivity contribution in [2.24, 2.45) is 0 Å². The maximum Gasteiger partial charge on any atom is 0.162 e. The molecule has 3 aromatic rings. The number of anilines is 1. The Balaban J connectivity index is 2.18. The SMILES string of the molecule is CCNc1nc(-c2ccc(C)cc2)nc2ccccc12. The summed E-state index contributed by atoms with van der Waals surface area (Å²) >= 11 is 0. The molecule has 1 N–H and O–H groups in total. The molecule has 0 saturated carbocycles. The first-order chi connectivity index (χ1) is 9.78. The van der Waals surface area contributed by atoms with Crippen LogP contribution >= 0.6 is 0 Å². The smallest absolute Gasteiger partial charge is 0.162 e. The number of nitrogens with zero attached hydrogens (tertiary/aromatic N) is 2. The van der Waals surface area contributed by atoms with Gasteiger partial charge in [0.05, 0.1) is 5.52 Å². The fraction of sp³-hybridized carbons (Fsp3) is 0.176. The predicted molar refractivity (Wildman–Crippen MR) is 83.9 cm³/mol. The van der Waals surface area contributed by atoms with Crippen molar-refractivity contribution in [2.75, 3.05) is 11.9 Å². The molecule has 1 aromatic heterocycles. The van der Waals surface area contributed by atoms with Crippen molar-refractivity contribution in [2.45, 2.75) is 13.8 Å². The minimum atomic E-state index is 0.764. The molecule has 0 amide bonds. The van der Waals surface area contributed by atoms with Crippen molar-refractivity contribution < 1.29 is 0 Å². The number of aromatic nitrogens is 2. The molecule has 0 saturated heterocycles. The van der Waals surface area contributed by atoms with Gasteiger partial charge in [-0.05, 0) is 26.0 Å². The second-order valence-electron chi connectivity index (χ2n) is 4.81. The molecule has 1 heterocycles. The van der Waals surface area contributed by atoms with E-state index in [-0.39, 0.29) is 0 Å². The second-order valence-corrected chi connectivity index (χ2v) is 4.81. The molecule has 0 atom stereocenters. The van der Waals surface area contributed by atoms with Gasteiger partial charge in [-0.25, -0.2) is 9.97 Å². The lowest BCUT2D eigenvalue weighted by Crippen LogP contribution is -2.02. The van der Waals surface area contributed by atoms with Crippen LogP contribution in [0.5, 0.6) is 0 Å². The van der Waals surface area contributed by atoms with Crippen LogP contribution in [0.25, 0.3) is 22.3 Å². The van der Waals surface area contributed by atoms with Gasteiger partial charge < -0.3 is 5.32 Å². The van der Waals surface area contributed by atoms with Gasteiger partial charge in [0.1, 0.15) is 5.82 Å². The zero-order chi connectivity index (χ0) is 13.9. The molecule has 0 unspecified atom stereocenters. The van der Waals surface area contributed by atoms with E-state index < -0.39 is 0 Å². The molecule has 20 heavy (non-hydrogen) atoms. The summed E-state index contributed by atoms with van der Waals surface area (Å²) in [5, 5.41) is 4.38. The molecule has 3 nitrogen and oxygen atoms in total. The van der Waals surface area contributed by atoms with Crippen LogP contribution in [0.15, 0.2) is 48.5 Å². The van der Waals surface area contributed by atoms with Crippen molar-refractivity contribution in [3.8, 4) is 11.4 Å². The van der Waals surface area contributed by atoms with Crippen LogP contribution in [-0.4, -0.2) is 16.5 Å². The van der Waals surface area contributed by atoms with Gasteiger partial charge >= 0.3 is 0 Å². The van der Waals surface area contributed by atoms with Gasteiger partial charge in [-0.3, -0.25) is 0 Å². The third-order valence-electron chi connectivity index (χ3n) is 3.26. The summed E-state index contributed by atoms with van der Waals surface area (Å²) in [4.78, 5) is 9.34. The van der Waals surface area contributed by atoms with Crippen LogP contribution in [0.1, 0.15) is 12.5 Å². The van der Waals surface area contributed by atoms with Crippen LogP contribution in [0.2, 0.25) is 0 Å². The highest BCUT2D eigenvalue weighted by molar-refractivity contribution is 5.90. The fourth-order valence-electron chi connectivity index (χ4n) is 2.21. The fourth-order valence-corrected chi connectivity index (χ4v) is 2.21. The van der Waals surface area contributed by atoms with E-state index in [0.717, 1.165) is 34.7 Å². The van der Waals surface area contributed by atoms with Gasteiger partial charge in [0.2, 0.25) is 0 Å². The maximum absolute atomic E-state index is 4.67. The summed E-state index contributed by atoms with van der Waals surface area (Å²) in [6.45, 7) is 4.99. The highest BCUT2D eigenvalue weighted by Gasteiger charge is 2.08. The Labute approximate surface area is 118 Å². The van der Waals surface area contributed by atoms with Crippen molar-refractivity contribution in [1.29, 1.82) is 0 Å². The van der Waals surface area contributed by atoms with E-state index in [2.05, 4.69) is 53.4 Å². The highest BCUT2D eigenvalue weighted by atomic mass is 15.0. The Kier molecular flexibility index (Phi) is 3.33. The van der Waals surface area contributed by atoms with E-state index in [1.165, 1.54) is 5.56 Å². The van der Waals surface area contributed by atoms with Crippen molar-refractivity contribution in [3.63, 3.8) is 0 Å². The lowest BCUT2D eigenvalue weighted by molar-refractivity contribution is 1.14. The zero-order valence-electron chi connectivity index (χ0n) is 11.7. The molecule has 2 aromatic carbocycles. The molecule has 0 aliphatic carbocycles. The largest absolute Gasteiger partial charge is 0.370 e. The van der Waals surface area contributed by atoms with E-state index in [0.29, 0.717) is 0 Å². The van der Waals surface area contributed by atoms with Crippen molar-refractivity contribution >= 4 is 16.7 Å². The van der Waals surface area contributed by atoms with E-state index in [4.69, 9.17) is 0 Å². The highest BCUT2D eigenvalue weighted by Crippen LogP contribution is 2.24. The average Bonchev–Trinajstić information content (AvgIpc) is 2.48. The number of benzene rings is 2. The monoisotopic (exact) mass is 263 g/mol. The molecule has 0 fully saturated rings. The third-order valence-corrected chi connectivity index (χ3v) is 3.26. The van der Waals surface area contributed by atoms with Gasteiger partial charge in [-0.1, -0.05) is 42.0 Å². The molecule has 0 bridgehead atoms. The van der Waals surface area contributed by atoms with Gasteiger partial charge in [0.25, 0.3) is 0 Å². The Morgan fingerprint density at radius 3 is 2.45 bits per heavy atom. The summed E-state index contributed by atoms with van der Waals surface area (Å²) in [6, 6.07) is 16.4. The lowest BCUT2D eigenvalue weighted by Gasteiger charge is -2.09. The number of hydrogen-bond acceptors (Lipinski definition) is 3. The first-order valence-corrected chi connectivity index (χ1v) is 6.85. The standard InChI is InChI=1S/C17H17N3/c1-3-18-17-14-6-4-5-7-15(14)19-16(20-17)13-10-8-12(2)9-11-13/h4-11H,3H2,1-2H3,(H,18,19,20). The van der Waals surface area contributed by atoms with Gasteiger partial charge in [-0.2, -0.15) is 0 Å². The van der Waals surface area contributed by atoms with Crippen LogP contribution in [0.3, 0.4) is 0 Å². The number of hydrogen-bond donors (Lipinski definition) is 1. The van der Waals surface area contributed by atoms with E-state index in [9.17, 15) is 0 Å². The molecule has 3 heteroatoms. The van der Waals surface area contributed by atoms with Crippen LogP contribution in [0.4, 0.5) is 5.82 Å². The maximum atomic E-state index is 4.67. The Hall–Kier alpha value is -2.42. The molecular formula is C17H17N3. The number of rotatable bonds is 3. The topological polar surface area (TPSA) is 37.8 Å². The summed E-state index contributed by atoms with van der Waals surface area (Å²) in [5.74, 6) is 1.66. The molecule has 0 aliphatic rings. The number of aryl methyl sites for hydroxylation is 1. The predicted octanol–water partition coefficient (Wildman–Crippen LogP) is 4.04. The summed E-state index contributed by atoms with van der Waals surface area (Å²) in [6.07, 6.45) is 0. The number of fused-ring (bicyclic) bond motifs is 1. The zero-order valence-corrected chi connectivity index (χ0v) is 11.7. The number of para-hydroxylation sites is 1. The molecular weight excluding hydrogens is 246 g/mol. The first-order valence-electron chi connectivity index (χ1n) is 6.85. The van der Waals surface area contributed by atoms with Crippen LogP contribution in [-0.2, 0) is 0 Å². The van der Waals surface area contributed by atoms with Crippen molar-refractivity contribution in [3.05, 3.63) is 54.1 Å². The molecule has 0 aliphatic heterocycles. The first kappa shape index (κ1) is 12.6. The Morgan fingerprint density at radius 2 is 1.70 bits per heavy atom. The average molecular weight is 263 g/mol. The summed E-state index contributed by atoms with van der Waals surface area (Å²) < 4.78 is 0. The van der Waals surface area contributed by atoms with E-state index in [1.807, 2.05) is 24.3 Å². The minimum Gasteiger partial charge on any atom is -0.370 e. The molecule has 0 radical (unpaired) electrons. The van der Waals surface area contributed by atoms with Crippen molar-refractivity contribution in [1.82, 2.24) is 9.97 Å². The summed E-state index contributed by atoms with van der Waals surface area (Å²) in [7, 11) is 0. The molecule has 3 rings (SSSR count). The summed E-state index contributed by atoms with van der Waals surface area (Å²) in [5.41, 5.74) is 3.25. The molecule has 0 spiro atoms. The second kappa shape index (κ2) is 5.29. The Morgan fingerprint density at radius 1 is 0.950 bits per heavy atom. The van der Waals surface area contributed by atoms with Gasteiger partial charge in [0, 0.05) is 17.5 Å². The minimum absolute atomic E-state index is 0.764. The lowest BCUT2D eigenvalue weighted by atomic mass is 10.1. The number of nitrogens with one attached hydrogen (secondary N) is 1. The third kappa shape index (κ3) is 2.35. The quantitative estimate of drug-likeness (QED) is 0.775. The molecule has 100 valence electrons. The van der Waals surface area contributed by atoms with Crippen LogP contribution < -0.4 is 5.32 Å². The van der Waals surface area contributed by atoms with Gasteiger partial charge in [-0.15, -0.1) is 0 Å². The Bertz CT molecular complexity index is 733. The van der Waals surface area contributed by atoms with Gasteiger partial charge in [0.15, 0.2) is 5.82 Å². The normalized spacial score (nSPS) is 10.7.